The van der Waals surface area contributed by atoms with Gasteiger partial charge in [-0.15, -0.1) is 0 Å². The van der Waals surface area contributed by atoms with Crippen LogP contribution in [0.25, 0.3) is 0 Å². The molecule has 2 aliphatic rings. The molecule has 0 aromatic carbocycles. The number of nitrogens with one attached hydrogen (secondary N) is 1. The molecule has 0 radical (unpaired) electrons. The Bertz CT molecular complexity index is 282. The average Bonchev–Trinajstić information content (AvgIpc) is 2.81. The summed E-state index contributed by atoms with van der Waals surface area (Å²) in [6, 6.07) is 0. The van der Waals surface area contributed by atoms with Gasteiger partial charge in [0.15, 0.2) is 0 Å². The van der Waals surface area contributed by atoms with Gasteiger partial charge in [-0.3, -0.25) is 10.1 Å². The lowest BCUT2D eigenvalue weighted by Gasteiger charge is -2.40. The van der Waals surface area contributed by atoms with E-state index in [4.69, 9.17) is 10.5 Å². The van der Waals surface area contributed by atoms with E-state index in [1.54, 1.807) is 0 Å². The van der Waals surface area contributed by atoms with Crippen LogP contribution in [0.15, 0.2) is 0 Å². The van der Waals surface area contributed by atoms with Gasteiger partial charge in [0.05, 0.1) is 6.10 Å². The molecule has 0 spiro atoms. The molecule has 0 bridgehead atoms. The Hall–Kier alpha value is -0.260. The number of rotatable bonds is 4. The summed E-state index contributed by atoms with van der Waals surface area (Å²) < 4.78 is 5.58. The highest BCUT2D eigenvalue weighted by Crippen LogP contribution is 2.34. The number of hydrogen-bond donors (Lipinski definition) is 2. The summed E-state index contributed by atoms with van der Waals surface area (Å²) in [5.74, 6) is 0.910. The minimum atomic E-state index is -0.533. The van der Waals surface area contributed by atoms with Crippen molar-refractivity contribution in [3.8, 4) is 0 Å². The van der Waals surface area contributed by atoms with Gasteiger partial charge in [-0.25, -0.2) is 0 Å². The van der Waals surface area contributed by atoms with Crippen molar-refractivity contribution in [2.75, 3.05) is 18.9 Å². The number of primary amides is 1. The molecule has 2 fully saturated rings. The smallest absolute Gasteiger partial charge is 0.238 e. The number of hydrogen-bond acceptors (Lipinski definition) is 4. The van der Waals surface area contributed by atoms with Crippen LogP contribution in [0.2, 0.25) is 0 Å². The summed E-state index contributed by atoms with van der Waals surface area (Å²) in [6.45, 7) is 3.69. The molecule has 0 aliphatic carbocycles. The summed E-state index contributed by atoms with van der Waals surface area (Å²) in [5.41, 5.74) is 5.09. The molecule has 98 valence electrons. The van der Waals surface area contributed by atoms with E-state index in [0.717, 1.165) is 44.6 Å². The Kier molecular flexibility index (Phi) is 4.33. The Morgan fingerprint density at radius 2 is 2.41 bits per heavy atom. The average molecular weight is 258 g/mol. The van der Waals surface area contributed by atoms with Crippen LogP contribution < -0.4 is 11.1 Å². The summed E-state index contributed by atoms with van der Waals surface area (Å²) in [4.78, 5) is 11.8. The van der Waals surface area contributed by atoms with Gasteiger partial charge in [-0.1, -0.05) is 6.92 Å². The molecule has 0 saturated carbocycles. The first-order valence-electron chi connectivity index (χ1n) is 6.43. The minimum absolute atomic E-state index is 0.213. The standard InChI is InChI=1S/C12H22N2O2S/c1-9-12(11(13)15,5-3-7-17-9)14-8-10-4-2-6-16-10/h9-10,14H,2-8H2,1H3,(H2,13,15). The number of carbonyl (C=O) groups excluding carboxylic acids is 1. The largest absolute Gasteiger partial charge is 0.377 e. The topological polar surface area (TPSA) is 64.3 Å². The van der Waals surface area contributed by atoms with Gasteiger partial charge < -0.3 is 10.5 Å². The van der Waals surface area contributed by atoms with E-state index in [9.17, 15) is 4.79 Å². The molecule has 3 atom stereocenters. The van der Waals surface area contributed by atoms with Gasteiger partial charge in [-0.05, 0) is 31.4 Å². The first-order chi connectivity index (χ1) is 8.15. The van der Waals surface area contributed by atoms with Crippen LogP contribution in [-0.2, 0) is 9.53 Å². The summed E-state index contributed by atoms with van der Waals surface area (Å²) >= 11 is 1.83. The van der Waals surface area contributed by atoms with Crippen LogP contribution in [0, 0.1) is 0 Å². The Labute approximate surface area is 107 Å². The van der Waals surface area contributed by atoms with Crippen LogP contribution >= 0.6 is 11.8 Å². The molecule has 2 rings (SSSR count). The molecule has 3 unspecified atom stereocenters. The Morgan fingerprint density at radius 1 is 1.59 bits per heavy atom. The van der Waals surface area contributed by atoms with Crippen LogP contribution in [0.4, 0.5) is 0 Å². The zero-order valence-corrected chi connectivity index (χ0v) is 11.2. The number of nitrogens with two attached hydrogens (primary N) is 1. The van der Waals surface area contributed by atoms with E-state index in [1.807, 2.05) is 11.8 Å². The van der Waals surface area contributed by atoms with Gasteiger partial charge in [0.1, 0.15) is 5.54 Å². The van der Waals surface area contributed by atoms with Gasteiger partial charge in [0.25, 0.3) is 0 Å². The lowest BCUT2D eigenvalue weighted by Crippen LogP contribution is -2.63. The normalized spacial score (nSPS) is 38.2. The fraction of sp³-hybridized carbons (Fsp3) is 0.917. The maximum absolute atomic E-state index is 11.8. The van der Waals surface area contributed by atoms with Crippen molar-refractivity contribution in [3.05, 3.63) is 0 Å². The monoisotopic (exact) mass is 258 g/mol. The quantitative estimate of drug-likeness (QED) is 0.786. The SMILES string of the molecule is CC1SCCCC1(NCC1CCCO1)C(N)=O. The molecule has 17 heavy (non-hydrogen) atoms. The van der Waals surface area contributed by atoms with E-state index in [1.165, 1.54) is 0 Å². The highest BCUT2D eigenvalue weighted by Gasteiger charge is 2.44. The number of thioether (sulfide) groups is 1. The van der Waals surface area contributed by atoms with Crippen LogP contribution in [0.3, 0.4) is 0 Å². The molecule has 3 N–H and O–H groups in total. The molecular formula is C12H22N2O2S. The molecule has 0 aromatic rings. The number of amides is 1. The van der Waals surface area contributed by atoms with Gasteiger partial charge >= 0.3 is 0 Å². The number of carbonyl (C=O) groups is 1. The van der Waals surface area contributed by atoms with Gasteiger partial charge in [0.2, 0.25) is 5.91 Å². The second kappa shape index (κ2) is 5.59. The molecular weight excluding hydrogens is 236 g/mol. The third-order valence-electron chi connectivity index (χ3n) is 3.89. The van der Waals surface area contributed by atoms with E-state index >= 15 is 0 Å². The van der Waals surface area contributed by atoms with Crippen LogP contribution in [0.1, 0.15) is 32.6 Å². The molecule has 2 heterocycles. The van der Waals surface area contributed by atoms with Crippen molar-refractivity contribution in [3.63, 3.8) is 0 Å². The number of ether oxygens (including phenoxy) is 1. The summed E-state index contributed by atoms with van der Waals surface area (Å²) in [5, 5.41) is 3.65. The van der Waals surface area contributed by atoms with Crippen LogP contribution in [0.5, 0.6) is 0 Å². The summed E-state index contributed by atoms with van der Waals surface area (Å²) in [6.07, 6.45) is 4.37. The van der Waals surface area contributed by atoms with E-state index in [-0.39, 0.29) is 17.3 Å². The minimum Gasteiger partial charge on any atom is -0.377 e. The predicted octanol–water partition coefficient (Wildman–Crippen LogP) is 0.895. The Morgan fingerprint density at radius 3 is 3.00 bits per heavy atom. The van der Waals surface area contributed by atoms with Crippen molar-refractivity contribution in [2.45, 2.75) is 49.5 Å². The maximum atomic E-state index is 11.8. The third kappa shape index (κ3) is 2.77. The fourth-order valence-electron chi connectivity index (χ4n) is 2.70. The van der Waals surface area contributed by atoms with Crippen molar-refractivity contribution >= 4 is 17.7 Å². The zero-order valence-electron chi connectivity index (χ0n) is 10.4. The predicted molar refractivity (Wildman–Crippen MR) is 70.1 cm³/mol. The molecule has 2 saturated heterocycles. The first-order valence-corrected chi connectivity index (χ1v) is 7.48. The maximum Gasteiger partial charge on any atom is 0.238 e. The molecule has 0 aromatic heterocycles. The van der Waals surface area contributed by atoms with Crippen molar-refractivity contribution in [2.24, 2.45) is 5.73 Å². The Balaban J connectivity index is 1.97. The van der Waals surface area contributed by atoms with E-state index < -0.39 is 5.54 Å². The van der Waals surface area contributed by atoms with Crippen molar-refractivity contribution < 1.29 is 9.53 Å². The van der Waals surface area contributed by atoms with E-state index in [2.05, 4.69) is 12.2 Å². The van der Waals surface area contributed by atoms with E-state index in [0.29, 0.717) is 0 Å². The second-order valence-corrected chi connectivity index (χ2v) is 6.42. The molecule has 5 heteroatoms. The molecule has 1 amide bonds. The lowest BCUT2D eigenvalue weighted by atomic mass is 9.88. The zero-order chi connectivity index (χ0) is 12.3. The lowest BCUT2D eigenvalue weighted by molar-refractivity contribution is -0.125. The highest BCUT2D eigenvalue weighted by molar-refractivity contribution is 8.00. The fourth-order valence-corrected chi connectivity index (χ4v) is 3.97. The first kappa shape index (κ1) is 13.2. The highest BCUT2D eigenvalue weighted by atomic mass is 32.2. The second-order valence-electron chi connectivity index (χ2n) is 4.97. The van der Waals surface area contributed by atoms with Gasteiger partial charge in [-0.2, -0.15) is 11.8 Å². The van der Waals surface area contributed by atoms with Crippen LogP contribution in [-0.4, -0.2) is 41.7 Å². The molecule has 2 aliphatic heterocycles. The van der Waals surface area contributed by atoms with Gasteiger partial charge in [0, 0.05) is 18.4 Å². The van der Waals surface area contributed by atoms with Crippen molar-refractivity contribution in [1.82, 2.24) is 5.32 Å². The van der Waals surface area contributed by atoms with Crippen molar-refractivity contribution in [1.29, 1.82) is 0 Å². The third-order valence-corrected chi connectivity index (χ3v) is 5.31. The summed E-state index contributed by atoms with van der Waals surface area (Å²) in [7, 11) is 0. The molecule has 4 nitrogen and oxygen atoms in total.